The van der Waals surface area contributed by atoms with Crippen LogP contribution in [0.25, 0.3) is 0 Å². The van der Waals surface area contributed by atoms with Gasteiger partial charge in [-0.25, -0.2) is 0 Å². The number of anilines is 1. The minimum absolute atomic E-state index is 0.0926. The molecule has 0 bridgehead atoms. The van der Waals surface area contributed by atoms with Crippen molar-refractivity contribution in [2.24, 2.45) is 0 Å². The van der Waals surface area contributed by atoms with E-state index in [1.54, 1.807) is 7.05 Å². The maximum absolute atomic E-state index is 12.3. The van der Waals surface area contributed by atoms with Gasteiger partial charge in [0.2, 0.25) is 11.8 Å². The summed E-state index contributed by atoms with van der Waals surface area (Å²) in [5.74, 6) is 0.0526. The van der Waals surface area contributed by atoms with E-state index in [1.807, 2.05) is 29.2 Å². The summed E-state index contributed by atoms with van der Waals surface area (Å²) in [4.78, 5) is 28.0. The summed E-state index contributed by atoms with van der Waals surface area (Å²) in [6.07, 6.45) is 0.374. The van der Waals surface area contributed by atoms with Crippen molar-refractivity contribution in [3.63, 3.8) is 0 Å². The first kappa shape index (κ1) is 16.5. The van der Waals surface area contributed by atoms with Crippen LogP contribution in [-0.4, -0.2) is 68.4 Å². The monoisotopic (exact) mass is 304 g/mol. The lowest BCUT2D eigenvalue weighted by Crippen LogP contribution is -2.47. The molecule has 120 valence electrons. The third-order valence-electron chi connectivity index (χ3n) is 3.76. The summed E-state index contributed by atoms with van der Waals surface area (Å²) in [5, 5.41) is 5.61. The SMILES string of the molecule is CNCC(=O)Nc1cccc(CC(=O)N2CCN(C)CC2)c1. The van der Waals surface area contributed by atoms with Crippen molar-refractivity contribution in [1.29, 1.82) is 0 Å². The fourth-order valence-corrected chi connectivity index (χ4v) is 2.47. The van der Waals surface area contributed by atoms with Crippen molar-refractivity contribution < 1.29 is 9.59 Å². The highest BCUT2D eigenvalue weighted by Gasteiger charge is 2.19. The van der Waals surface area contributed by atoms with Crippen LogP contribution in [-0.2, 0) is 16.0 Å². The van der Waals surface area contributed by atoms with Crippen LogP contribution in [0.3, 0.4) is 0 Å². The molecular weight excluding hydrogens is 280 g/mol. The Balaban J connectivity index is 1.92. The fraction of sp³-hybridized carbons (Fsp3) is 0.500. The van der Waals surface area contributed by atoms with Gasteiger partial charge in [-0.3, -0.25) is 9.59 Å². The van der Waals surface area contributed by atoms with E-state index in [-0.39, 0.29) is 18.4 Å². The lowest BCUT2D eigenvalue weighted by atomic mass is 10.1. The summed E-state index contributed by atoms with van der Waals surface area (Å²) in [6.45, 7) is 3.68. The average Bonchev–Trinajstić information content (AvgIpc) is 2.48. The molecule has 0 aromatic heterocycles. The predicted octanol–water partition coefficient (Wildman–Crippen LogP) is 0.161. The molecule has 2 N–H and O–H groups in total. The molecule has 0 unspecified atom stereocenters. The van der Waals surface area contributed by atoms with Gasteiger partial charge in [-0.15, -0.1) is 0 Å². The van der Waals surface area contributed by atoms with Gasteiger partial charge in [0, 0.05) is 31.9 Å². The lowest BCUT2D eigenvalue weighted by molar-refractivity contribution is -0.132. The smallest absolute Gasteiger partial charge is 0.238 e. The third-order valence-corrected chi connectivity index (χ3v) is 3.76. The minimum atomic E-state index is -0.0926. The molecule has 0 saturated carbocycles. The number of piperazine rings is 1. The Morgan fingerprint density at radius 1 is 1.18 bits per heavy atom. The van der Waals surface area contributed by atoms with Gasteiger partial charge in [0.1, 0.15) is 0 Å². The summed E-state index contributed by atoms with van der Waals surface area (Å²) in [6, 6.07) is 7.47. The van der Waals surface area contributed by atoms with E-state index in [4.69, 9.17) is 0 Å². The van der Waals surface area contributed by atoms with Gasteiger partial charge >= 0.3 is 0 Å². The summed E-state index contributed by atoms with van der Waals surface area (Å²) < 4.78 is 0. The highest BCUT2D eigenvalue weighted by atomic mass is 16.2. The molecule has 0 radical (unpaired) electrons. The van der Waals surface area contributed by atoms with E-state index in [1.165, 1.54) is 0 Å². The number of carbonyl (C=O) groups excluding carboxylic acids is 2. The number of amides is 2. The van der Waals surface area contributed by atoms with Gasteiger partial charge in [0.05, 0.1) is 13.0 Å². The molecule has 0 aliphatic carbocycles. The molecule has 1 heterocycles. The van der Waals surface area contributed by atoms with Crippen LogP contribution in [0.4, 0.5) is 5.69 Å². The predicted molar refractivity (Wildman–Crippen MR) is 86.8 cm³/mol. The summed E-state index contributed by atoms with van der Waals surface area (Å²) >= 11 is 0. The van der Waals surface area contributed by atoms with E-state index in [0.717, 1.165) is 37.4 Å². The number of nitrogens with zero attached hydrogens (tertiary/aromatic N) is 2. The number of carbonyl (C=O) groups is 2. The standard InChI is InChI=1S/C16H24N4O2/c1-17-12-15(21)18-14-5-3-4-13(10-14)11-16(22)20-8-6-19(2)7-9-20/h3-5,10,17H,6-9,11-12H2,1-2H3,(H,18,21). The van der Waals surface area contributed by atoms with Gasteiger partial charge in [-0.2, -0.15) is 0 Å². The van der Waals surface area contributed by atoms with E-state index >= 15 is 0 Å². The number of benzene rings is 1. The first-order valence-corrected chi connectivity index (χ1v) is 7.58. The number of hydrogen-bond donors (Lipinski definition) is 2. The molecular formula is C16H24N4O2. The van der Waals surface area contributed by atoms with Crippen molar-refractivity contribution in [2.75, 3.05) is 52.1 Å². The maximum atomic E-state index is 12.3. The first-order valence-electron chi connectivity index (χ1n) is 7.58. The Hall–Kier alpha value is -1.92. The quantitative estimate of drug-likeness (QED) is 0.813. The van der Waals surface area contributed by atoms with Gasteiger partial charge in [0.25, 0.3) is 0 Å². The topological polar surface area (TPSA) is 64.7 Å². The van der Waals surface area contributed by atoms with Crippen molar-refractivity contribution in [2.45, 2.75) is 6.42 Å². The van der Waals surface area contributed by atoms with Crippen molar-refractivity contribution in [1.82, 2.24) is 15.1 Å². The molecule has 1 aliphatic rings. The molecule has 1 saturated heterocycles. The van der Waals surface area contributed by atoms with Crippen LogP contribution in [0.5, 0.6) is 0 Å². The van der Waals surface area contributed by atoms with Gasteiger partial charge in [0.15, 0.2) is 0 Å². The zero-order valence-electron chi connectivity index (χ0n) is 13.3. The second-order valence-corrected chi connectivity index (χ2v) is 5.64. The second kappa shape index (κ2) is 7.91. The average molecular weight is 304 g/mol. The third kappa shape index (κ3) is 4.82. The van der Waals surface area contributed by atoms with E-state index < -0.39 is 0 Å². The number of rotatable bonds is 5. The minimum Gasteiger partial charge on any atom is -0.340 e. The van der Waals surface area contributed by atoms with Gasteiger partial charge in [-0.1, -0.05) is 12.1 Å². The van der Waals surface area contributed by atoms with Crippen LogP contribution in [0.1, 0.15) is 5.56 Å². The Morgan fingerprint density at radius 3 is 2.59 bits per heavy atom. The molecule has 6 nitrogen and oxygen atoms in total. The zero-order valence-corrected chi connectivity index (χ0v) is 13.3. The molecule has 0 atom stereocenters. The van der Waals surface area contributed by atoms with Crippen LogP contribution in [0.2, 0.25) is 0 Å². The zero-order chi connectivity index (χ0) is 15.9. The Morgan fingerprint density at radius 2 is 1.91 bits per heavy atom. The molecule has 1 aliphatic heterocycles. The van der Waals surface area contributed by atoms with Crippen LogP contribution < -0.4 is 10.6 Å². The second-order valence-electron chi connectivity index (χ2n) is 5.64. The van der Waals surface area contributed by atoms with E-state index in [2.05, 4.69) is 22.6 Å². The van der Waals surface area contributed by atoms with Crippen LogP contribution in [0.15, 0.2) is 24.3 Å². The molecule has 6 heteroatoms. The number of likely N-dealkylation sites (N-methyl/N-ethyl adjacent to an activating group) is 2. The maximum Gasteiger partial charge on any atom is 0.238 e. The van der Waals surface area contributed by atoms with Gasteiger partial charge in [-0.05, 0) is 31.8 Å². The molecule has 1 aromatic rings. The lowest BCUT2D eigenvalue weighted by Gasteiger charge is -2.32. The van der Waals surface area contributed by atoms with Crippen molar-refractivity contribution in [3.8, 4) is 0 Å². The number of hydrogen-bond acceptors (Lipinski definition) is 4. The van der Waals surface area contributed by atoms with E-state index in [9.17, 15) is 9.59 Å². The van der Waals surface area contributed by atoms with Crippen molar-refractivity contribution in [3.05, 3.63) is 29.8 Å². The molecule has 2 amide bonds. The van der Waals surface area contributed by atoms with Crippen molar-refractivity contribution >= 4 is 17.5 Å². The fourth-order valence-electron chi connectivity index (χ4n) is 2.47. The molecule has 0 spiro atoms. The van der Waals surface area contributed by atoms with Crippen LogP contribution >= 0.6 is 0 Å². The highest BCUT2D eigenvalue weighted by Crippen LogP contribution is 2.12. The normalized spacial score (nSPS) is 15.6. The molecule has 22 heavy (non-hydrogen) atoms. The summed E-state index contributed by atoms with van der Waals surface area (Å²) in [7, 11) is 3.80. The van der Waals surface area contributed by atoms with Crippen LogP contribution in [0, 0.1) is 0 Å². The Kier molecular flexibility index (Phi) is 5.91. The van der Waals surface area contributed by atoms with Gasteiger partial charge < -0.3 is 20.4 Å². The summed E-state index contributed by atoms with van der Waals surface area (Å²) in [5.41, 5.74) is 1.65. The largest absolute Gasteiger partial charge is 0.340 e. The number of nitrogens with one attached hydrogen (secondary N) is 2. The molecule has 2 rings (SSSR count). The first-order chi connectivity index (χ1) is 10.6. The highest BCUT2D eigenvalue weighted by molar-refractivity contribution is 5.92. The Bertz CT molecular complexity index is 525. The molecule has 1 aromatic carbocycles. The molecule has 1 fully saturated rings. The Labute approximate surface area is 131 Å². The van der Waals surface area contributed by atoms with E-state index in [0.29, 0.717) is 6.42 Å².